The fourth-order valence-corrected chi connectivity index (χ4v) is 11.2. The van der Waals surface area contributed by atoms with E-state index < -0.39 is 48.7 Å². The molecule has 340 valence electrons. The fraction of sp³-hybridized carbons (Fsp3) is 0.440. The lowest BCUT2D eigenvalue weighted by Gasteiger charge is -2.47. The van der Waals surface area contributed by atoms with Crippen molar-refractivity contribution in [3.8, 4) is 17.2 Å². The van der Waals surface area contributed by atoms with Gasteiger partial charge in [0.15, 0.2) is 17.1 Å². The standard InChI is InChI=1S/C50H54N4O11/c1-51-18-25-10-14-36-32(16-25)34(20-53-36)38-15-13-31-39(62-3)17-33-29-12-11-26-6-4-8-28(26)41(29)43(37(56)22-54-21-35-27(19-52-2)7-5-9-30(35)48(54)60)45(58)42(33)46(31)65-49-50(61,24-55)47(59)44(57)40(64-49)23-63-38/h5,7,9-10,13-17,20,26,28,38,40,44,47,49,51-52,55,57,59,61H,4,6,8,11-12,18-19,21-24H2,1-3H3/p+1. The lowest BCUT2D eigenvalue weighted by molar-refractivity contribution is -0.329. The van der Waals surface area contributed by atoms with Crippen LogP contribution in [0.3, 0.4) is 0 Å². The molecule has 65 heavy (non-hydrogen) atoms. The van der Waals surface area contributed by atoms with Gasteiger partial charge in [-0.2, -0.15) is 4.99 Å². The summed E-state index contributed by atoms with van der Waals surface area (Å²) in [7, 11) is 5.21. The Morgan fingerprint density at radius 3 is 2.72 bits per heavy atom. The first-order chi connectivity index (χ1) is 31.5. The molecule has 3 aliphatic carbocycles. The number of phenolic OH excluding ortho intramolecular Hbond substituents is 1. The summed E-state index contributed by atoms with van der Waals surface area (Å²) in [6, 6.07) is 7.41. The van der Waals surface area contributed by atoms with E-state index in [1.165, 1.54) is 12.0 Å². The van der Waals surface area contributed by atoms with E-state index in [9.17, 15) is 30.3 Å². The maximum atomic E-state index is 15.1. The number of aliphatic hydroxyl groups is 4. The van der Waals surface area contributed by atoms with Crippen molar-refractivity contribution < 1.29 is 54.1 Å². The number of hydrogen-bond donors (Lipinski definition) is 7. The van der Waals surface area contributed by atoms with Crippen molar-refractivity contribution in [2.75, 3.05) is 47.5 Å². The number of aryl methyl sites for hydroxylation is 1. The third-order valence-electron chi connectivity index (χ3n) is 14.5. The van der Waals surface area contributed by atoms with Crippen molar-refractivity contribution in [1.82, 2.24) is 15.5 Å². The van der Waals surface area contributed by atoms with E-state index in [-0.39, 0.29) is 59.5 Å². The van der Waals surface area contributed by atoms with Gasteiger partial charge in [0.1, 0.15) is 47.2 Å². The molecule has 7 aliphatic rings. The largest absolute Gasteiger partial charge is 0.506 e. The lowest BCUT2D eigenvalue weighted by Crippen LogP contribution is -2.69. The van der Waals surface area contributed by atoms with Gasteiger partial charge >= 0.3 is 0 Å². The molecule has 7 N–H and O–H groups in total. The topological polar surface area (TPSA) is 212 Å². The molecule has 1 amide bonds. The molecule has 0 spiro atoms. The molecule has 1 saturated carbocycles. The van der Waals surface area contributed by atoms with Crippen molar-refractivity contribution in [2.24, 2.45) is 10.9 Å². The second-order valence-corrected chi connectivity index (χ2v) is 18.2. The lowest BCUT2D eigenvalue weighted by atomic mass is 9.72. The number of likely N-dealkylation sites (N-methyl/N-ethyl adjacent to an activating group) is 1. The van der Waals surface area contributed by atoms with Crippen molar-refractivity contribution >= 4 is 34.8 Å². The van der Waals surface area contributed by atoms with E-state index in [4.69, 9.17) is 18.9 Å². The summed E-state index contributed by atoms with van der Waals surface area (Å²) < 4.78 is 25.6. The number of hydrogen-bond acceptors (Lipinski definition) is 14. The van der Waals surface area contributed by atoms with Crippen LogP contribution in [-0.2, 0) is 29.0 Å². The van der Waals surface area contributed by atoms with Gasteiger partial charge in [-0.1, -0.05) is 18.6 Å². The van der Waals surface area contributed by atoms with Crippen molar-refractivity contribution in [3.05, 3.63) is 110 Å². The van der Waals surface area contributed by atoms with Gasteiger partial charge in [-0.05, 0) is 104 Å². The quantitative estimate of drug-likeness (QED) is 0.115. The Hall–Kier alpha value is -5.36. The zero-order chi connectivity index (χ0) is 45.3. The highest BCUT2D eigenvalue weighted by atomic mass is 16.7. The highest BCUT2D eigenvalue weighted by Crippen LogP contribution is 2.55. The number of ketones is 1. The minimum atomic E-state index is -2.56. The van der Waals surface area contributed by atoms with Gasteiger partial charge in [0.2, 0.25) is 6.29 Å². The first-order valence-corrected chi connectivity index (χ1v) is 22.5. The van der Waals surface area contributed by atoms with Gasteiger partial charge in [-0.25, -0.2) is 0 Å². The Morgan fingerprint density at radius 2 is 1.94 bits per heavy atom. The SMILES string of the molecule is CNCC1=CC=C2N=CC(C3C=Cc4c(OC)cc5c6c(c(C(=O)CN7Cc8c(CNC)cccc8C7=O)c(O)c5c4OC4OC(CO3)C(O)C(O)C4(O)CO)C3CCCC3CC6)=C2[CH+]1. The van der Waals surface area contributed by atoms with Crippen LogP contribution in [0.5, 0.6) is 17.2 Å². The molecule has 4 heterocycles. The number of carbonyl (C=O) groups excluding carboxylic acids is 2. The summed E-state index contributed by atoms with van der Waals surface area (Å²) in [5.74, 6) is -0.484. The third-order valence-corrected chi connectivity index (χ3v) is 14.5. The van der Waals surface area contributed by atoms with Gasteiger partial charge in [-0.3, -0.25) is 9.59 Å². The van der Waals surface area contributed by atoms with Crippen LogP contribution in [0.25, 0.3) is 16.8 Å². The first kappa shape index (κ1) is 43.5. The molecule has 0 radical (unpaired) electrons. The van der Waals surface area contributed by atoms with Crippen LogP contribution in [-0.4, -0.2) is 132 Å². The van der Waals surface area contributed by atoms with E-state index in [0.717, 1.165) is 64.8 Å². The average Bonchev–Trinajstić information content (AvgIpc) is 4.04. The number of nitrogens with zero attached hydrogens (tertiary/aromatic N) is 2. The summed E-state index contributed by atoms with van der Waals surface area (Å²) in [6.45, 7) is -0.224. The number of aromatic hydroxyl groups is 1. The molecule has 1 saturated heterocycles. The number of carbonyl (C=O) groups is 2. The molecule has 0 aromatic heterocycles. The van der Waals surface area contributed by atoms with Crippen LogP contribution >= 0.6 is 0 Å². The summed E-state index contributed by atoms with van der Waals surface area (Å²) >= 11 is 0. The number of amides is 1. The van der Waals surface area contributed by atoms with Crippen molar-refractivity contribution in [3.63, 3.8) is 0 Å². The first-order valence-electron chi connectivity index (χ1n) is 22.5. The minimum absolute atomic E-state index is 0.0104. The van der Waals surface area contributed by atoms with E-state index >= 15 is 4.79 Å². The van der Waals surface area contributed by atoms with Crippen LogP contribution in [0.15, 0.2) is 69.9 Å². The predicted molar refractivity (Wildman–Crippen MR) is 241 cm³/mol. The molecule has 3 aromatic carbocycles. The number of nitrogens with one attached hydrogen (secondary N) is 2. The molecule has 8 unspecified atom stereocenters. The van der Waals surface area contributed by atoms with Crippen molar-refractivity contribution in [1.29, 1.82) is 0 Å². The van der Waals surface area contributed by atoms with E-state index in [1.54, 1.807) is 24.4 Å². The molecule has 15 nitrogen and oxygen atoms in total. The van der Waals surface area contributed by atoms with Gasteiger partial charge in [0, 0.05) is 49.3 Å². The normalized spacial score (nSPS) is 28.9. The summed E-state index contributed by atoms with van der Waals surface area (Å²) in [5, 5.41) is 65.5. The minimum Gasteiger partial charge on any atom is -0.506 e. The van der Waals surface area contributed by atoms with Gasteiger partial charge in [0.05, 0.1) is 55.2 Å². The maximum absolute atomic E-state index is 15.1. The highest BCUT2D eigenvalue weighted by Gasteiger charge is 2.57. The van der Waals surface area contributed by atoms with Crippen LogP contribution in [0.4, 0.5) is 0 Å². The van der Waals surface area contributed by atoms with Crippen LogP contribution in [0, 0.1) is 12.3 Å². The number of rotatable bonds is 10. The third kappa shape index (κ3) is 7.11. The zero-order valence-corrected chi connectivity index (χ0v) is 36.7. The number of phenols is 1. The number of benzene rings is 3. The Bertz CT molecular complexity index is 2630. The van der Waals surface area contributed by atoms with Crippen molar-refractivity contribution in [2.45, 2.75) is 87.4 Å². The number of ether oxygens (including phenoxy) is 4. The Kier molecular flexibility index (Phi) is 11.5. The highest BCUT2D eigenvalue weighted by molar-refractivity contribution is 6.13. The van der Waals surface area contributed by atoms with E-state index in [0.29, 0.717) is 47.7 Å². The number of aliphatic imine (C=N–C) groups is 1. The molecule has 8 atom stereocenters. The Labute approximate surface area is 376 Å². The van der Waals surface area contributed by atoms with Gasteiger partial charge in [0.25, 0.3) is 5.91 Å². The number of aliphatic hydroxyl groups excluding tert-OH is 3. The van der Waals surface area contributed by atoms with E-state index in [1.807, 2.05) is 50.9 Å². The molecule has 10 rings (SSSR count). The summed E-state index contributed by atoms with van der Waals surface area (Å²) in [5.41, 5.74) is 5.12. The van der Waals surface area contributed by atoms with Gasteiger partial charge in [-0.15, -0.1) is 0 Å². The zero-order valence-electron chi connectivity index (χ0n) is 36.7. The number of fused-ring (bicyclic) bond motifs is 11. The fourth-order valence-electron chi connectivity index (χ4n) is 11.2. The number of allylic oxidation sites excluding steroid dienone is 3. The smallest absolute Gasteiger partial charge is 0.254 e. The Morgan fingerprint density at radius 1 is 1.11 bits per heavy atom. The number of Topliss-reactive ketones (excluding diaryl/α,β-unsaturated/α-hetero) is 1. The van der Waals surface area contributed by atoms with Gasteiger partial charge < -0.3 is 60.0 Å². The van der Waals surface area contributed by atoms with Crippen LogP contribution < -0.4 is 20.1 Å². The average molecular weight is 888 g/mol. The molecule has 2 bridgehead atoms. The van der Waals surface area contributed by atoms with Crippen LogP contribution in [0.1, 0.15) is 80.1 Å². The maximum Gasteiger partial charge on any atom is 0.254 e. The second-order valence-electron chi connectivity index (χ2n) is 18.2. The second kappa shape index (κ2) is 17.1. The molecule has 15 heteroatoms. The monoisotopic (exact) mass is 887 g/mol. The molecular formula is C50H55N4O11+. The molecular weight excluding hydrogens is 833 g/mol. The van der Waals surface area contributed by atoms with Crippen LogP contribution in [0.2, 0.25) is 0 Å². The molecule has 2 fully saturated rings. The molecule has 4 aliphatic heterocycles. The molecule has 3 aromatic rings. The summed E-state index contributed by atoms with van der Waals surface area (Å²) in [4.78, 5) is 35.2. The summed E-state index contributed by atoms with van der Waals surface area (Å²) in [6.07, 6.45) is 7.80. The predicted octanol–water partition coefficient (Wildman–Crippen LogP) is 3.53. The number of methoxy groups -OCH3 is 1. The van der Waals surface area contributed by atoms with E-state index in [2.05, 4.69) is 15.6 Å². The Balaban J connectivity index is 1.16.